The van der Waals surface area contributed by atoms with Gasteiger partial charge >= 0.3 is 0 Å². The highest BCUT2D eigenvalue weighted by molar-refractivity contribution is 6.32. The van der Waals surface area contributed by atoms with Crippen molar-refractivity contribution in [2.75, 3.05) is 0 Å². The van der Waals surface area contributed by atoms with Crippen LogP contribution in [0.3, 0.4) is 0 Å². The first-order valence-corrected chi connectivity index (χ1v) is 5.26. The predicted molar refractivity (Wildman–Crippen MR) is 66.3 cm³/mol. The number of rotatable bonds is 2. The summed E-state index contributed by atoms with van der Waals surface area (Å²) < 4.78 is 0.807. The lowest BCUT2D eigenvalue weighted by molar-refractivity contribution is -0.354. The van der Waals surface area contributed by atoms with Crippen LogP contribution in [0.15, 0.2) is 54.6 Å². The zero-order valence-electron chi connectivity index (χ0n) is 8.51. The summed E-state index contributed by atoms with van der Waals surface area (Å²) in [6, 6.07) is 16.2. The molecule has 0 aromatic heterocycles. The van der Waals surface area contributed by atoms with Gasteiger partial charge in [0.05, 0.1) is 10.6 Å². The molecule has 0 aliphatic heterocycles. The van der Waals surface area contributed by atoms with Crippen LogP contribution < -0.4 is 0 Å². The van der Waals surface area contributed by atoms with Crippen LogP contribution in [0.5, 0.6) is 0 Å². The average molecular weight is 232 g/mol. The number of halogens is 1. The maximum Gasteiger partial charge on any atom is 0.216 e. The standard InChI is InChI=1S/C13H10ClNO/c14-13-9-5-4-6-11(13)10-15(16)12-7-2-1-3-8-12/h1-10H. The van der Waals surface area contributed by atoms with Crippen molar-refractivity contribution in [1.29, 1.82) is 0 Å². The molecule has 80 valence electrons. The van der Waals surface area contributed by atoms with Gasteiger partial charge in [0.25, 0.3) is 0 Å². The van der Waals surface area contributed by atoms with E-state index in [-0.39, 0.29) is 0 Å². The summed E-state index contributed by atoms with van der Waals surface area (Å²) >= 11 is 5.96. The van der Waals surface area contributed by atoms with E-state index in [4.69, 9.17) is 11.6 Å². The minimum absolute atomic E-state index is 0.569. The Hall–Kier alpha value is -1.80. The van der Waals surface area contributed by atoms with E-state index in [9.17, 15) is 5.21 Å². The second kappa shape index (κ2) is 4.81. The Morgan fingerprint density at radius 2 is 1.56 bits per heavy atom. The maximum absolute atomic E-state index is 11.8. The molecule has 0 fully saturated rings. The topological polar surface area (TPSA) is 26.1 Å². The van der Waals surface area contributed by atoms with E-state index in [1.807, 2.05) is 30.3 Å². The monoisotopic (exact) mass is 231 g/mol. The number of hydrogen-bond acceptors (Lipinski definition) is 1. The molecule has 0 heterocycles. The van der Waals surface area contributed by atoms with Crippen LogP contribution in [-0.2, 0) is 0 Å². The minimum Gasteiger partial charge on any atom is -0.618 e. The van der Waals surface area contributed by atoms with E-state index in [1.165, 1.54) is 6.21 Å². The molecule has 16 heavy (non-hydrogen) atoms. The lowest BCUT2D eigenvalue weighted by Crippen LogP contribution is -1.98. The third kappa shape index (κ3) is 2.41. The number of benzene rings is 2. The zero-order chi connectivity index (χ0) is 11.4. The van der Waals surface area contributed by atoms with Crippen LogP contribution in [-0.4, -0.2) is 11.0 Å². The zero-order valence-corrected chi connectivity index (χ0v) is 9.26. The Morgan fingerprint density at radius 1 is 0.938 bits per heavy atom. The summed E-state index contributed by atoms with van der Waals surface area (Å²) in [6.45, 7) is 0. The van der Waals surface area contributed by atoms with Crippen LogP contribution in [0.2, 0.25) is 5.02 Å². The molecule has 2 rings (SSSR count). The lowest BCUT2D eigenvalue weighted by Gasteiger charge is -2.02. The summed E-state index contributed by atoms with van der Waals surface area (Å²) in [4.78, 5) is 0. The van der Waals surface area contributed by atoms with E-state index < -0.39 is 0 Å². The van der Waals surface area contributed by atoms with Gasteiger partial charge in [0.1, 0.15) is 0 Å². The van der Waals surface area contributed by atoms with Crippen molar-refractivity contribution in [1.82, 2.24) is 0 Å². The van der Waals surface area contributed by atoms with Crippen molar-refractivity contribution in [2.45, 2.75) is 0 Å². The fourth-order valence-electron chi connectivity index (χ4n) is 1.36. The van der Waals surface area contributed by atoms with E-state index in [1.54, 1.807) is 24.3 Å². The largest absolute Gasteiger partial charge is 0.618 e. The molecule has 0 radical (unpaired) electrons. The second-order valence-electron chi connectivity index (χ2n) is 3.31. The van der Waals surface area contributed by atoms with Crippen molar-refractivity contribution >= 4 is 23.5 Å². The van der Waals surface area contributed by atoms with Crippen LogP contribution >= 0.6 is 11.6 Å². The summed E-state index contributed by atoms with van der Waals surface area (Å²) in [7, 11) is 0. The molecular formula is C13H10ClNO. The first-order valence-electron chi connectivity index (χ1n) is 4.88. The van der Waals surface area contributed by atoms with Crippen LogP contribution in [0, 0.1) is 5.21 Å². The van der Waals surface area contributed by atoms with Crippen molar-refractivity contribution in [2.24, 2.45) is 0 Å². The molecular weight excluding hydrogens is 222 g/mol. The third-order valence-electron chi connectivity index (χ3n) is 2.17. The molecule has 0 unspecified atom stereocenters. The Bertz CT molecular complexity index is 508. The predicted octanol–water partition coefficient (Wildman–Crippen LogP) is 3.60. The van der Waals surface area contributed by atoms with Crippen LogP contribution in [0.4, 0.5) is 5.69 Å². The normalized spacial score (nSPS) is 11.4. The average Bonchev–Trinajstić information content (AvgIpc) is 2.33. The number of para-hydroxylation sites is 1. The summed E-state index contributed by atoms with van der Waals surface area (Å²) in [5, 5.41) is 12.3. The third-order valence-corrected chi connectivity index (χ3v) is 2.52. The van der Waals surface area contributed by atoms with E-state index in [0.29, 0.717) is 16.3 Å². The molecule has 2 aromatic rings. The molecule has 0 amide bonds. The molecule has 0 saturated heterocycles. The molecule has 0 aliphatic carbocycles. The molecule has 0 aliphatic rings. The van der Waals surface area contributed by atoms with Gasteiger partial charge in [0.2, 0.25) is 5.69 Å². The number of hydrogen-bond donors (Lipinski definition) is 0. The SMILES string of the molecule is [O-][N+](=Cc1ccccc1Cl)c1ccccc1. The molecule has 2 aromatic carbocycles. The summed E-state index contributed by atoms with van der Waals surface area (Å²) in [5.41, 5.74) is 1.30. The van der Waals surface area contributed by atoms with Gasteiger partial charge in [0, 0.05) is 12.1 Å². The molecule has 2 nitrogen and oxygen atoms in total. The minimum atomic E-state index is 0.569. The highest BCUT2D eigenvalue weighted by atomic mass is 35.5. The van der Waals surface area contributed by atoms with Gasteiger partial charge < -0.3 is 5.21 Å². The fraction of sp³-hybridized carbons (Fsp3) is 0. The maximum atomic E-state index is 11.8. The quantitative estimate of drug-likeness (QED) is 0.336. The second-order valence-corrected chi connectivity index (χ2v) is 3.72. The van der Waals surface area contributed by atoms with E-state index in [0.717, 1.165) is 4.74 Å². The first-order chi connectivity index (χ1) is 7.77. The smallest absolute Gasteiger partial charge is 0.216 e. The van der Waals surface area contributed by atoms with Crippen molar-refractivity contribution in [3.63, 3.8) is 0 Å². The van der Waals surface area contributed by atoms with Crippen molar-refractivity contribution in [3.05, 3.63) is 70.4 Å². The molecule has 3 heteroatoms. The van der Waals surface area contributed by atoms with Crippen molar-refractivity contribution in [3.8, 4) is 0 Å². The number of nitrogens with zero attached hydrogens (tertiary/aromatic N) is 1. The van der Waals surface area contributed by atoms with Crippen LogP contribution in [0.25, 0.3) is 0 Å². The van der Waals surface area contributed by atoms with Gasteiger partial charge in [-0.15, -0.1) is 0 Å². The van der Waals surface area contributed by atoms with E-state index >= 15 is 0 Å². The molecule has 0 atom stereocenters. The summed E-state index contributed by atoms with van der Waals surface area (Å²) in [6.07, 6.45) is 1.47. The van der Waals surface area contributed by atoms with E-state index in [2.05, 4.69) is 0 Å². The Labute approximate surface area is 99.0 Å². The highest BCUT2D eigenvalue weighted by Gasteiger charge is 2.02. The fourth-order valence-corrected chi connectivity index (χ4v) is 1.54. The van der Waals surface area contributed by atoms with Crippen molar-refractivity contribution < 1.29 is 4.74 Å². The Kier molecular flexibility index (Phi) is 3.22. The highest BCUT2D eigenvalue weighted by Crippen LogP contribution is 2.14. The Morgan fingerprint density at radius 3 is 2.25 bits per heavy atom. The Balaban J connectivity index is 2.36. The van der Waals surface area contributed by atoms with Crippen LogP contribution in [0.1, 0.15) is 5.56 Å². The van der Waals surface area contributed by atoms with Gasteiger partial charge in [-0.25, -0.2) is 0 Å². The van der Waals surface area contributed by atoms with Gasteiger partial charge in [0.15, 0.2) is 6.21 Å². The lowest BCUT2D eigenvalue weighted by atomic mass is 10.2. The molecule has 0 bridgehead atoms. The van der Waals surface area contributed by atoms with Gasteiger partial charge in [-0.05, 0) is 12.1 Å². The molecule has 0 saturated carbocycles. The first kappa shape index (κ1) is 10.7. The molecule has 0 spiro atoms. The summed E-state index contributed by atoms with van der Waals surface area (Å²) in [5.74, 6) is 0. The van der Waals surface area contributed by atoms with Gasteiger partial charge in [-0.2, -0.15) is 4.74 Å². The van der Waals surface area contributed by atoms with Gasteiger partial charge in [-0.1, -0.05) is 41.9 Å². The molecule has 0 N–H and O–H groups in total. The van der Waals surface area contributed by atoms with Gasteiger partial charge in [-0.3, -0.25) is 0 Å².